The molecule has 1 unspecified atom stereocenters. The fraction of sp³-hybridized carbons (Fsp3) is 0.500. The van der Waals surface area contributed by atoms with Crippen molar-refractivity contribution in [3.05, 3.63) is 27.5 Å². The molecule has 25 heavy (non-hydrogen) atoms. The van der Waals surface area contributed by atoms with Crippen LogP contribution in [0.4, 0.5) is 0 Å². The van der Waals surface area contributed by atoms with E-state index >= 15 is 0 Å². The van der Waals surface area contributed by atoms with Gasteiger partial charge in [-0.25, -0.2) is 8.42 Å². The summed E-state index contributed by atoms with van der Waals surface area (Å²) in [5.41, 5.74) is 1.02. The number of halogens is 1. The number of carbonyl (C=O) groups excluding carboxylic acids is 1. The third-order valence-electron chi connectivity index (χ3n) is 4.33. The number of rotatable bonds is 3. The largest absolute Gasteiger partial charge is 0.317 e. The van der Waals surface area contributed by atoms with Crippen molar-refractivity contribution >= 4 is 53.4 Å². The van der Waals surface area contributed by atoms with Crippen molar-refractivity contribution in [2.24, 2.45) is 4.99 Å². The Bertz CT molecular complexity index is 978. The first-order valence-corrected chi connectivity index (χ1v) is 11.6. The number of hydrogen-bond acceptors (Lipinski definition) is 4. The van der Waals surface area contributed by atoms with Crippen LogP contribution in [-0.4, -0.2) is 42.0 Å². The van der Waals surface area contributed by atoms with Gasteiger partial charge in [-0.1, -0.05) is 33.7 Å². The summed E-state index contributed by atoms with van der Waals surface area (Å²) in [4.78, 5) is 17.7. The number of benzene rings is 1. The van der Waals surface area contributed by atoms with E-state index in [1.165, 1.54) is 15.6 Å². The van der Waals surface area contributed by atoms with E-state index in [9.17, 15) is 13.2 Å². The Kier molecular flexibility index (Phi) is 5.48. The van der Waals surface area contributed by atoms with E-state index in [-0.39, 0.29) is 5.91 Å². The van der Waals surface area contributed by atoms with Gasteiger partial charge in [-0.3, -0.25) is 4.79 Å². The molecule has 2 heterocycles. The number of thiazole rings is 1. The molecule has 136 valence electrons. The summed E-state index contributed by atoms with van der Waals surface area (Å²) in [6, 6.07) is 5.26. The van der Waals surface area contributed by atoms with Crippen LogP contribution in [-0.2, 0) is 21.4 Å². The Morgan fingerprint density at radius 3 is 2.84 bits per heavy atom. The minimum Gasteiger partial charge on any atom is -0.317 e. The number of aryl methyl sites for hydroxylation is 1. The van der Waals surface area contributed by atoms with Gasteiger partial charge in [-0.05, 0) is 38.0 Å². The molecular formula is C16H20BrN3O3S2. The molecule has 9 heteroatoms. The first-order chi connectivity index (χ1) is 11.8. The van der Waals surface area contributed by atoms with E-state index in [0.717, 1.165) is 33.8 Å². The zero-order valence-corrected chi connectivity index (χ0v) is 17.3. The van der Waals surface area contributed by atoms with Gasteiger partial charge in [0.25, 0.3) is 5.91 Å². The Balaban J connectivity index is 2.04. The maximum atomic E-state index is 12.7. The Hall–Kier alpha value is -1.03. The molecule has 1 aromatic carbocycles. The summed E-state index contributed by atoms with van der Waals surface area (Å²) >= 11 is 4.90. The molecular weight excluding hydrogens is 426 g/mol. The number of carbonyl (C=O) groups is 1. The van der Waals surface area contributed by atoms with Gasteiger partial charge in [0.2, 0.25) is 10.0 Å². The highest BCUT2D eigenvalue weighted by Crippen LogP contribution is 2.23. The standard InChI is InChI=1S/C16H20BrN3O3S2/c1-3-19-12-8-7-11(17)10-14(12)24-16(19)18-15(21)13-6-4-5-9-20(13)25(2,22)23/h7-8,10,13H,3-6,9H2,1-2H3. The SMILES string of the molecule is CCn1c(=NC(=O)C2CCCCN2S(C)(=O)=O)sc2cc(Br)ccc21. The van der Waals surface area contributed by atoms with Crippen molar-refractivity contribution < 1.29 is 13.2 Å². The van der Waals surface area contributed by atoms with Crippen molar-refractivity contribution in [1.82, 2.24) is 8.87 Å². The average Bonchev–Trinajstić information content (AvgIpc) is 2.89. The molecule has 0 aliphatic carbocycles. The minimum absolute atomic E-state index is 0.377. The molecule has 1 aliphatic rings. The molecule has 6 nitrogen and oxygen atoms in total. The number of sulfonamides is 1. The fourth-order valence-electron chi connectivity index (χ4n) is 3.16. The van der Waals surface area contributed by atoms with Gasteiger partial charge < -0.3 is 4.57 Å². The second-order valence-corrected chi connectivity index (χ2v) is 9.94. The molecule has 0 spiro atoms. The Morgan fingerprint density at radius 2 is 2.16 bits per heavy atom. The van der Waals surface area contributed by atoms with Gasteiger partial charge in [0.15, 0.2) is 4.80 Å². The van der Waals surface area contributed by atoms with Crippen molar-refractivity contribution in [3.8, 4) is 0 Å². The number of nitrogens with zero attached hydrogens (tertiary/aromatic N) is 3. The van der Waals surface area contributed by atoms with Crippen LogP contribution in [0.2, 0.25) is 0 Å². The van der Waals surface area contributed by atoms with Crippen LogP contribution < -0.4 is 4.80 Å². The smallest absolute Gasteiger partial charge is 0.266 e. The van der Waals surface area contributed by atoms with Gasteiger partial charge in [0.05, 0.1) is 16.5 Å². The number of fused-ring (bicyclic) bond motifs is 1. The van der Waals surface area contributed by atoms with E-state index in [0.29, 0.717) is 24.3 Å². The zero-order valence-electron chi connectivity index (χ0n) is 14.1. The highest BCUT2D eigenvalue weighted by atomic mass is 79.9. The lowest BCUT2D eigenvalue weighted by Gasteiger charge is -2.31. The molecule has 1 atom stereocenters. The lowest BCUT2D eigenvalue weighted by Crippen LogP contribution is -2.47. The van der Waals surface area contributed by atoms with Crippen molar-refractivity contribution in [2.75, 3.05) is 12.8 Å². The molecule has 0 N–H and O–H groups in total. The second kappa shape index (κ2) is 7.30. The number of aromatic nitrogens is 1. The maximum Gasteiger partial charge on any atom is 0.266 e. The number of piperidine rings is 1. The Labute approximate surface area is 159 Å². The highest BCUT2D eigenvalue weighted by Gasteiger charge is 2.34. The molecule has 1 amide bonds. The highest BCUT2D eigenvalue weighted by molar-refractivity contribution is 9.10. The molecule has 1 aliphatic heterocycles. The zero-order chi connectivity index (χ0) is 18.2. The number of hydrogen-bond donors (Lipinski definition) is 0. The molecule has 0 bridgehead atoms. The molecule has 1 aromatic heterocycles. The third-order valence-corrected chi connectivity index (χ3v) is 7.16. The monoisotopic (exact) mass is 445 g/mol. The fourth-order valence-corrected chi connectivity index (χ4v) is 5.93. The summed E-state index contributed by atoms with van der Waals surface area (Å²) < 4.78 is 29.2. The lowest BCUT2D eigenvalue weighted by atomic mass is 10.0. The van der Waals surface area contributed by atoms with Crippen molar-refractivity contribution in [1.29, 1.82) is 0 Å². The topological polar surface area (TPSA) is 71.7 Å². The van der Waals surface area contributed by atoms with Crippen LogP contribution in [0.1, 0.15) is 26.2 Å². The minimum atomic E-state index is -3.42. The van der Waals surface area contributed by atoms with Crippen LogP contribution in [0.5, 0.6) is 0 Å². The van der Waals surface area contributed by atoms with Gasteiger partial charge in [-0.2, -0.15) is 9.30 Å². The van der Waals surface area contributed by atoms with E-state index < -0.39 is 16.1 Å². The predicted octanol–water partition coefficient (Wildman–Crippen LogP) is 2.73. The first kappa shape index (κ1) is 18.8. The van der Waals surface area contributed by atoms with Crippen LogP contribution in [0, 0.1) is 0 Å². The van der Waals surface area contributed by atoms with E-state index in [1.54, 1.807) is 0 Å². The van der Waals surface area contributed by atoms with Crippen LogP contribution in [0.15, 0.2) is 27.7 Å². The van der Waals surface area contributed by atoms with Crippen molar-refractivity contribution in [2.45, 2.75) is 38.8 Å². The van der Waals surface area contributed by atoms with E-state index in [2.05, 4.69) is 20.9 Å². The van der Waals surface area contributed by atoms with Crippen LogP contribution >= 0.6 is 27.3 Å². The molecule has 1 saturated heterocycles. The van der Waals surface area contributed by atoms with Gasteiger partial charge in [0.1, 0.15) is 6.04 Å². The predicted molar refractivity (Wildman–Crippen MR) is 103 cm³/mol. The molecule has 3 rings (SSSR count). The molecule has 0 saturated carbocycles. The quantitative estimate of drug-likeness (QED) is 0.728. The Morgan fingerprint density at radius 1 is 1.40 bits per heavy atom. The number of amides is 1. The summed E-state index contributed by atoms with van der Waals surface area (Å²) in [5.74, 6) is -0.377. The third kappa shape index (κ3) is 3.89. The maximum absolute atomic E-state index is 12.7. The van der Waals surface area contributed by atoms with Crippen molar-refractivity contribution in [3.63, 3.8) is 0 Å². The lowest BCUT2D eigenvalue weighted by molar-refractivity contribution is -0.122. The summed E-state index contributed by atoms with van der Waals surface area (Å²) in [6.45, 7) is 3.08. The van der Waals surface area contributed by atoms with Crippen LogP contribution in [0.3, 0.4) is 0 Å². The summed E-state index contributed by atoms with van der Waals surface area (Å²) in [7, 11) is -3.42. The van der Waals surface area contributed by atoms with Gasteiger partial charge in [0, 0.05) is 17.6 Å². The molecule has 2 aromatic rings. The van der Waals surface area contributed by atoms with E-state index in [4.69, 9.17) is 0 Å². The van der Waals surface area contributed by atoms with Crippen LogP contribution in [0.25, 0.3) is 10.2 Å². The van der Waals surface area contributed by atoms with Gasteiger partial charge >= 0.3 is 0 Å². The second-order valence-electron chi connectivity index (χ2n) is 6.08. The molecule has 1 fully saturated rings. The van der Waals surface area contributed by atoms with Gasteiger partial charge in [-0.15, -0.1) is 0 Å². The average molecular weight is 446 g/mol. The summed E-state index contributed by atoms with van der Waals surface area (Å²) in [5, 5.41) is 0. The first-order valence-electron chi connectivity index (χ1n) is 8.15. The summed E-state index contributed by atoms with van der Waals surface area (Å²) in [6.07, 6.45) is 3.30. The molecule has 0 radical (unpaired) electrons. The normalized spacial score (nSPS) is 20.3. The van der Waals surface area contributed by atoms with E-state index in [1.807, 2.05) is 29.7 Å².